The molecule has 0 spiro atoms. The molecule has 0 saturated heterocycles. The predicted octanol–water partition coefficient (Wildman–Crippen LogP) is -0.469. The summed E-state index contributed by atoms with van der Waals surface area (Å²) in [6.07, 6.45) is 0. The van der Waals surface area contributed by atoms with Crippen LogP contribution in [0.15, 0.2) is 30.3 Å². The van der Waals surface area contributed by atoms with Gasteiger partial charge in [0.1, 0.15) is 17.0 Å². The van der Waals surface area contributed by atoms with Crippen molar-refractivity contribution >= 4 is 33.5 Å². The number of hydrogen-bond acceptors (Lipinski definition) is 4. The van der Waals surface area contributed by atoms with Crippen LogP contribution in [0.2, 0.25) is 0 Å². The summed E-state index contributed by atoms with van der Waals surface area (Å²) >= 11 is 1.86. The second-order valence-corrected chi connectivity index (χ2v) is 3.19. The van der Waals surface area contributed by atoms with Crippen LogP contribution in [0.3, 0.4) is 0 Å². The molecule has 2 radical (unpaired) electrons. The molecular formula is C10H10AlNO5. The fourth-order valence-electron chi connectivity index (χ4n) is 1.31. The molecule has 2 rings (SSSR count). The molecule has 0 unspecified atom stereocenters. The lowest BCUT2D eigenvalue weighted by atomic mass is 10.2. The average Bonchev–Trinajstić information content (AvgIpc) is 2.28. The summed E-state index contributed by atoms with van der Waals surface area (Å²) in [5.74, 6) is -0.504. The SMILES string of the molecule is O.O.O=C([O][Al])c1ccc2cccc(O)c2n1. The smallest absolute Gasteiger partial charge is 0.485 e. The Morgan fingerprint density at radius 1 is 1.24 bits per heavy atom. The Bertz CT molecular complexity index is 531. The minimum absolute atomic E-state index is 0. The van der Waals surface area contributed by atoms with Crippen LogP contribution in [0, 0.1) is 0 Å². The Kier molecular flexibility index (Phi) is 5.58. The van der Waals surface area contributed by atoms with Crippen LogP contribution in [0.4, 0.5) is 0 Å². The molecule has 1 heterocycles. The molecule has 88 valence electrons. The zero-order valence-electron chi connectivity index (χ0n) is 8.68. The van der Waals surface area contributed by atoms with Crippen LogP contribution >= 0.6 is 0 Å². The van der Waals surface area contributed by atoms with E-state index in [1.54, 1.807) is 24.3 Å². The lowest BCUT2D eigenvalue weighted by Gasteiger charge is -2.03. The van der Waals surface area contributed by atoms with Crippen molar-refractivity contribution in [2.75, 3.05) is 0 Å². The Labute approximate surface area is 105 Å². The molecule has 0 aliphatic rings. The van der Waals surface area contributed by atoms with Gasteiger partial charge in [-0.15, -0.1) is 0 Å². The number of carbonyl (C=O) groups is 1. The van der Waals surface area contributed by atoms with Crippen LogP contribution in [0.1, 0.15) is 10.5 Å². The van der Waals surface area contributed by atoms with Gasteiger partial charge < -0.3 is 19.8 Å². The number of carbonyl (C=O) groups excluding carboxylic acids is 1. The fraction of sp³-hybridized carbons (Fsp3) is 0. The van der Waals surface area contributed by atoms with Gasteiger partial charge in [0, 0.05) is 5.39 Å². The van der Waals surface area contributed by atoms with Gasteiger partial charge >= 0.3 is 22.6 Å². The van der Waals surface area contributed by atoms with Crippen LogP contribution in [0.5, 0.6) is 5.75 Å². The first-order valence-electron chi connectivity index (χ1n) is 4.22. The Balaban J connectivity index is 0.00000128. The minimum Gasteiger partial charge on any atom is -0.623 e. The highest BCUT2D eigenvalue weighted by atomic mass is 27.1. The van der Waals surface area contributed by atoms with Gasteiger partial charge in [-0.1, -0.05) is 18.2 Å². The maximum atomic E-state index is 11.2. The summed E-state index contributed by atoms with van der Waals surface area (Å²) in [4.78, 5) is 15.2. The van der Waals surface area contributed by atoms with Crippen molar-refractivity contribution in [2.45, 2.75) is 0 Å². The van der Waals surface area contributed by atoms with E-state index in [0.717, 1.165) is 5.39 Å². The van der Waals surface area contributed by atoms with E-state index in [4.69, 9.17) is 0 Å². The van der Waals surface area contributed by atoms with E-state index in [1.807, 2.05) is 16.6 Å². The number of rotatable bonds is 1. The summed E-state index contributed by atoms with van der Waals surface area (Å²) in [6, 6.07) is 8.29. The summed E-state index contributed by atoms with van der Waals surface area (Å²) in [5, 5.41) is 10.3. The van der Waals surface area contributed by atoms with Crippen molar-refractivity contribution in [3.8, 4) is 5.75 Å². The Morgan fingerprint density at radius 3 is 2.59 bits per heavy atom. The molecule has 0 fully saturated rings. The summed E-state index contributed by atoms with van der Waals surface area (Å²) in [7, 11) is 0. The molecule has 5 N–H and O–H groups in total. The highest BCUT2D eigenvalue weighted by Gasteiger charge is 2.08. The molecule has 1 aromatic carbocycles. The molecule has 0 amide bonds. The van der Waals surface area contributed by atoms with E-state index < -0.39 is 5.97 Å². The van der Waals surface area contributed by atoms with Gasteiger partial charge in [0.05, 0.1) is 0 Å². The van der Waals surface area contributed by atoms with Crippen molar-refractivity contribution in [1.82, 2.24) is 4.98 Å². The number of para-hydroxylation sites is 1. The Morgan fingerprint density at radius 2 is 1.94 bits per heavy atom. The first-order valence-corrected chi connectivity index (χ1v) is 4.69. The molecular weight excluding hydrogens is 241 g/mol. The second kappa shape index (κ2) is 6.18. The van der Waals surface area contributed by atoms with Gasteiger partial charge in [0.15, 0.2) is 0 Å². The number of phenolic OH excluding ortho intramolecular Hbond substituents is 1. The number of hydrogen-bond donors (Lipinski definition) is 1. The van der Waals surface area contributed by atoms with Crippen molar-refractivity contribution < 1.29 is 24.6 Å². The zero-order chi connectivity index (χ0) is 10.8. The van der Waals surface area contributed by atoms with Crippen LogP contribution < -0.4 is 0 Å². The van der Waals surface area contributed by atoms with Crippen molar-refractivity contribution in [1.29, 1.82) is 0 Å². The first-order chi connectivity index (χ1) is 7.22. The molecule has 6 nitrogen and oxygen atoms in total. The molecule has 1 aromatic heterocycles. The van der Waals surface area contributed by atoms with E-state index in [-0.39, 0.29) is 22.4 Å². The number of phenols is 1. The predicted molar refractivity (Wildman–Crippen MR) is 61.8 cm³/mol. The number of fused-ring (bicyclic) bond motifs is 1. The maximum absolute atomic E-state index is 11.2. The van der Waals surface area contributed by atoms with Gasteiger partial charge in [0.25, 0.3) is 0 Å². The van der Waals surface area contributed by atoms with Gasteiger partial charge in [0.2, 0.25) is 0 Å². The first kappa shape index (κ1) is 15.4. The number of aromatic hydroxyl groups is 1. The third-order valence-corrected chi connectivity index (χ3v) is 2.23. The summed E-state index contributed by atoms with van der Waals surface area (Å²) in [6.45, 7) is 0. The lowest BCUT2D eigenvalue weighted by molar-refractivity contribution is 0.0744. The second-order valence-electron chi connectivity index (χ2n) is 2.95. The number of benzene rings is 1. The third-order valence-electron chi connectivity index (χ3n) is 2.02. The molecule has 2 aromatic rings. The van der Waals surface area contributed by atoms with Crippen LogP contribution in [-0.2, 0) is 3.79 Å². The molecule has 0 bridgehead atoms. The molecule has 0 aliphatic carbocycles. The summed E-state index contributed by atoms with van der Waals surface area (Å²) in [5.41, 5.74) is 0.560. The van der Waals surface area contributed by atoms with E-state index in [0.29, 0.717) is 5.52 Å². The molecule has 0 atom stereocenters. The zero-order valence-corrected chi connectivity index (χ0v) is 9.83. The van der Waals surface area contributed by atoms with Crippen LogP contribution in [-0.4, -0.2) is 43.6 Å². The summed E-state index contributed by atoms with van der Waals surface area (Å²) < 4.78 is 4.46. The van der Waals surface area contributed by atoms with Gasteiger partial charge in [-0.05, 0) is 12.1 Å². The molecule has 0 aliphatic heterocycles. The number of nitrogens with zero attached hydrogens (tertiary/aromatic N) is 1. The van der Waals surface area contributed by atoms with Gasteiger partial charge in [-0.2, -0.15) is 0 Å². The highest BCUT2D eigenvalue weighted by Crippen LogP contribution is 2.22. The van der Waals surface area contributed by atoms with Gasteiger partial charge in [-0.25, -0.2) is 9.78 Å². The van der Waals surface area contributed by atoms with E-state index in [2.05, 4.69) is 8.77 Å². The minimum atomic E-state index is -0.551. The average molecular weight is 251 g/mol. The normalized spacial score (nSPS) is 8.94. The number of aromatic nitrogens is 1. The maximum Gasteiger partial charge on any atom is 0.485 e. The third kappa shape index (κ3) is 2.93. The largest absolute Gasteiger partial charge is 0.623 e. The van der Waals surface area contributed by atoms with Crippen molar-refractivity contribution in [3.63, 3.8) is 0 Å². The monoisotopic (exact) mass is 251 g/mol. The standard InChI is InChI=1S/C10H7NO3.Al.2H2O/c12-8-3-1-2-6-4-5-7(10(13)14)11-9(6)8;;;/h1-5,12H,(H,13,14);;2*1H2/q;+1;;/p-1. The number of pyridine rings is 1. The highest BCUT2D eigenvalue weighted by molar-refractivity contribution is 6.09. The van der Waals surface area contributed by atoms with Gasteiger partial charge in [-0.3, -0.25) is 0 Å². The van der Waals surface area contributed by atoms with Crippen molar-refractivity contribution in [3.05, 3.63) is 36.0 Å². The van der Waals surface area contributed by atoms with E-state index in [1.165, 1.54) is 6.07 Å². The van der Waals surface area contributed by atoms with E-state index in [9.17, 15) is 9.90 Å². The molecule has 17 heavy (non-hydrogen) atoms. The quantitative estimate of drug-likeness (QED) is 0.688. The molecule has 7 heteroatoms. The molecule has 0 saturated carbocycles. The Hall–Kier alpha value is -1.65. The van der Waals surface area contributed by atoms with E-state index >= 15 is 0 Å². The fourth-order valence-corrected chi connectivity index (χ4v) is 1.43. The van der Waals surface area contributed by atoms with Crippen LogP contribution in [0.25, 0.3) is 10.9 Å². The van der Waals surface area contributed by atoms with Crippen molar-refractivity contribution in [2.24, 2.45) is 0 Å². The lowest BCUT2D eigenvalue weighted by Crippen LogP contribution is -2.04. The topological polar surface area (TPSA) is 122 Å².